The normalized spacial score (nSPS) is 11.5. The fourth-order valence-electron chi connectivity index (χ4n) is 1.42. The molecule has 0 aromatic carbocycles. The van der Waals surface area contributed by atoms with Crippen molar-refractivity contribution in [2.45, 2.75) is 6.18 Å². The van der Waals surface area contributed by atoms with Gasteiger partial charge in [-0.25, -0.2) is 9.67 Å². The van der Waals surface area contributed by atoms with Crippen LogP contribution in [0.1, 0.15) is 10.5 Å². The van der Waals surface area contributed by atoms with Gasteiger partial charge in [0.15, 0.2) is 12.4 Å². The molecule has 2 heterocycles. The van der Waals surface area contributed by atoms with Crippen LogP contribution in [0, 0.1) is 0 Å². The fraction of sp³-hybridized carbons (Fsp3) is 0.182. The van der Waals surface area contributed by atoms with Crippen LogP contribution in [0.15, 0.2) is 24.4 Å². The minimum atomic E-state index is -4.53. The largest absolute Gasteiger partial charge is 0.467 e. The van der Waals surface area contributed by atoms with Crippen molar-refractivity contribution in [3.8, 4) is 11.7 Å². The molecule has 0 unspecified atom stereocenters. The molecule has 0 aliphatic heterocycles. The Kier molecular flexibility index (Phi) is 4.38. The van der Waals surface area contributed by atoms with Gasteiger partial charge in [-0.2, -0.15) is 13.2 Å². The van der Waals surface area contributed by atoms with E-state index in [9.17, 15) is 18.0 Å². The van der Waals surface area contributed by atoms with Gasteiger partial charge in [-0.3, -0.25) is 4.79 Å². The van der Waals surface area contributed by atoms with E-state index in [-0.39, 0.29) is 16.5 Å². The lowest BCUT2D eigenvalue weighted by atomic mass is 10.4. The summed E-state index contributed by atoms with van der Waals surface area (Å²) in [6.07, 6.45) is -3.15. The predicted octanol–water partition coefficient (Wildman–Crippen LogP) is 3.24. The highest BCUT2D eigenvalue weighted by Gasteiger charge is 2.29. The number of nitrogens with zero attached hydrogens (tertiary/aromatic N) is 3. The van der Waals surface area contributed by atoms with E-state index in [1.165, 1.54) is 12.3 Å². The highest BCUT2D eigenvalue weighted by Crippen LogP contribution is 2.24. The molecule has 0 radical (unpaired) electrons. The Hall–Kier alpha value is -1.80. The van der Waals surface area contributed by atoms with Crippen molar-refractivity contribution >= 4 is 28.4 Å². The van der Waals surface area contributed by atoms with Crippen LogP contribution < -0.4 is 4.74 Å². The molecule has 21 heavy (non-hydrogen) atoms. The summed E-state index contributed by atoms with van der Waals surface area (Å²) in [4.78, 5) is 15.2. The Morgan fingerprint density at radius 1 is 1.43 bits per heavy atom. The lowest BCUT2D eigenvalue weighted by molar-refractivity contribution is -0.154. The van der Waals surface area contributed by atoms with Crippen molar-refractivity contribution in [3.05, 3.63) is 35.1 Å². The van der Waals surface area contributed by atoms with E-state index in [1.807, 2.05) is 0 Å². The second-order valence-corrected chi connectivity index (χ2v) is 4.52. The lowest BCUT2D eigenvalue weighted by Crippen LogP contribution is -2.19. The summed E-state index contributed by atoms with van der Waals surface area (Å²) in [6.45, 7) is -1.55. The number of hydrogen-bond donors (Lipinski definition) is 0. The number of halogens is 5. The van der Waals surface area contributed by atoms with Gasteiger partial charge in [-0.1, -0.05) is 11.6 Å². The zero-order valence-electron chi connectivity index (χ0n) is 10.1. The summed E-state index contributed by atoms with van der Waals surface area (Å²) >= 11 is 11.3. The van der Waals surface area contributed by atoms with E-state index >= 15 is 0 Å². The van der Waals surface area contributed by atoms with Gasteiger partial charge >= 0.3 is 6.18 Å². The molecular formula is C11H6Cl2F3N3O2. The minimum Gasteiger partial charge on any atom is -0.467 e. The van der Waals surface area contributed by atoms with Crippen molar-refractivity contribution in [1.82, 2.24) is 14.8 Å². The van der Waals surface area contributed by atoms with E-state index in [1.54, 1.807) is 6.07 Å². The van der Waals surface area contributed by atoms with E-state index in [0.717, 1.165) is 10.7 Å². The highest BCUT2D eigenvalue weighted by molar-refractivity contribution is 6.67. The summed E-state index contributed by atoms with van der Waals surface area (Å²) in [5, 5.41) is 2.91. The minimum absolute atomic E-state index is 0.0463. The second-order valence-electron chi connectivity index (χ2n) is 3.77. The first-order valence-electron chi connectivity index (χ1n) is 5.38. The van der Waals surface area contributed by atoms with Gasteiger partial charge in [0.2, 0.25) is 5.88 Å². The summed E-state index contributed by atoms with van der Waals surface area (Å²) in [6, 6.07) is 4.00. The zero-order valence-corrected chi connectivity index (χ0v) is 11.6. The van der Waals surface area contributed by atoms with Crippen molar-refractivity contribution in [2.75, 3.05) is 6.61 Å². The summed E-state index contributed by atoms with van der Waals surface area (Å²) in [5.74, 6) is -0.372. The number of rotatable bonds is 4. The van der Waals surface area contributed by atoms with E-state index in [4.69, 9.17) is 23.2 Å². The topological polar surface area (TPSA) is 57.0 Å². The van der Waals surface area contributed by atoms with Gasteiger partial charge in [0, 0.05) is 12.3 Å². The molecule has 0 saturated carbocycles. The monoisotopic (exact) mass is 339 g/mol. The second kappa shape index (κ2) is 5.90. The molecule has 0 spiro atoms. The lowest BCUT2D eigenvalue weighted by Gasteiger charge is -2.06. The maximum atomic E-state index is 12.1. The molecule has 112 valence electrons. The standard InChI is InChI=1S/C11H6Cl2F3N3O2/c12-6-2-1-3-17-10(6)19-7(9(13)20)4-8(18-19)21-5-11(14,15)16/h1-4H,5H2. The number of carbonyl (C=O) groups is 1. The quantitative estimate of drug-likeness (QED) is 0.802. The SMILES string of the molecule is O=C(Cl)c1cc(OCC(F)(F)F)nn1-c1ncccc1Cl. The van der Waals surface area contributed by atoms with Crippen LogP contribution in [-0.4, -0.2) is 32.8 Å². The first-order chi connectivity index (χ1) is 9.78. The van der Waals surface area contributed by atoms with Crippen LogP contribution in [0.5, 0.6) is 5.88 Å². The first-order valence-corrected chi connectivity index (χ1v) is 6.14. The van der Waals surface area contributed by atoms with Crippen molar-refractivity contribution in [1.29, 1.82) is 0 Å². The molecule has 0 saturated heterocycles. The van der Waals surface area contributed by atoms with Gasteiger partial charge in [0.25, 0.3) is 5.24 Å². The maximum Gasteiger partial charge on any atom is 0.422 e. The average Bonchev–Trinajstić information content (AvgIpc) is 2.80. The Labute approximate surface area is 126 Å². The molecule has 2 rings (SSSR count). The highest BCUT2D eigenvalue weighted by atomic mass is 35.5. The van der Waals surface area contributed by atoms with Crippen molar-refractivity contribution in [3.63, 3.8) is 0 Å². The Bertz CT molecular complexity index is 673. The fourth-order valence-corrected chi connectivity index (χ4v) is 1.76. The third kappa shape index (κ3) is 3.85. The van der Waals surface area contributed by atoms with Gasteiger partial charge in [0.1, 0.15) is 5.69 Å². The molecule has 2 aromatic rings. The summed E-state index contributed by atoms with van der Waals surface area (Å²) < 4.78 is 41.7. The number of aromatic nitrogens is 3. The number of carbonyl (C=O) groups excluding carboxylic acids is 1. The molecule has 0 aliphatic rings. The van der Waals surface area contributed by atoms with Gasteiger partial charge in [0.05, 0.1) is 5.02 Å². The number of ether oxygens (including phenoxy) is 1. The molecule has 5 nitrogen and oxygen atoms in total. The van der Waals surface area contributed by atoms with Crippen LogP contribution in [0.25, 0.3) is 5.82 Å². The smallest absolute Gasteiger partial charge is 0.422 e. The number of pyridine rings is 1. The molecule has 0 N–H and O–H groups in total. The molecule has 0 amide bonds. The van der Waals surface area contributed by atoms with Gasteiger partial charge in [-0.05, 0) is 23.7 Å². The van der Waals surface area contributed by atoms with E-state index in [2.05, 4.69) is 14.8 Å². The van der Waals surface area contributed by atoms with Crippen LogP contribution in [0.3, 0.4) is 0 Å². The Morgan fingerprint density at radius 3 is 2.71 bits per heavy atom. The molecule has 0 aliphatic carbocycles. The molecule has 0 atom stereocenters. The Balaban J connectivity index is 2.39. The van der Waals surface area contributed by atoms with Crippen LogP contribution in [-0.2, 0) is 0 Å². The molecular weight excluding hydrogens is 334 g/mol. The molecule has 0 fully saturated rings. The van der Waals surface area contributed by atoms with Gasteiger partial charge in [-0.15, -0.1) is 5.10 Å². The summed E-state index contributed by atoms with van der Waals surface area (Å²) in [5.41, 5.74) is -0.213. The molecule has 10 heteroatoms. The number of hydrogen-bond acceptors (Lipinski definition) is 4. The average molecular weight is 340 g/mol. The van der Waals surface area contributed by atoms with Crippen molar-refractivity contribution < 1.29 is 22.7 Å². The number of alkyl halides is 3. The third-order valence-electron chi connectivity index (χ3n) is 2.21. The third-order valence-corrected chi connectivity index (χ3v) is 2.70. The Morgan fingerprint density at radius 2 is 2.14 bits per heavy atom. The van der Waals surface area contributed by atoms with Crippen molar-refractivity contribution in [2.24, 2.45) is 0 Å². The van der Waals surface area contributed by atoms with Crippen LogP contribution in [0.4, 0.5) is 13.2 Å². The van der Waals surface area contributed by atoms with Crippen LogP contribution >= 0.6 is 23.2 Å². The molecule has 2 aromatic heterocycles. The van der Waals surface area contributed by atoms with E-state index in [0.29, 0.717) is 0 Å². The predicted molar refractivity (Wildman–Crippen MR) is 68.1 cm³/mol. The summed E-state index contributed by atoms with van der Waals surface area (Å²) in [7, 11) is 0. The van der Waals surface area contributed by atoms with Gasteiger partial charge < -0.3 is 4.74 Å². The first kappa shape index (κ1) is 15.6. The zero-order chi connectivity index (χ0) is 15.6. The van der Waals surface area contributed by atoms with E-state index < -0.39 is 23.9 Å². The maximum absolute atomic E-state index is 12.1. The van der Waals surface area contributed by atoms with Crippen LogP contribution in [0.2, 0.25) is 5.02 Å². The molecule has 0 bridgehead atoms.